The Morgan fingerprint density at radius 1 is 1.24 bits per heavy atom. The third-order valence-corrected chi connectivity index (χ3v) is 3.55. The summed E-state index contributed by atoms with van der Waals surface area (Å²) in [6.07, 6.45) is 2.94. The number of amides is 1. The molecule has 1 N–H and O–H groups in total. The molecule has 0 atom stereocenters. The lowest BCUT2D eigenvalue weighted by atomic mass is 10.1. The van der Waals surface area contributed by atoms with Crippen LogP contribution in [-0.2, 0) is 0 Å². The zero-order valence-electron chi connectivity index (χ0n) is 13.8. The number of para-hydroxylation sites is 1. The molecule has 0 spiro atoms. The van der Waals surface area contributed by atoms with E-state index in [9.17, 15) is 19.3 Å². The van der Waals surface area contributed by atoms with E-state index in [4.69, 9.17) is 4.74 Å². The van der Waals surface area contributed by atoms with Crippen molar-refractivity contribution < 1.29 is 18.8 Å². The maximum absolute atomic E-state index is 13.8. The van der Waals surface area contributed by atoms with Gasteiger partial charge in [-0.15, -0.1) is 0 Å². The van der Waals surface area contributed by atoms with Gasteiger partial charge in [-0.2, -0.15) is 0 Å². The second-order valence-electron chi connectivity index (χ2n) is 5.43. The minimum atomic E-state index is -0.750. The van der Waals surface area contributed by atoms with Gasteiger partial charge in [0.15, 0.2) is 0 Å². The summed E-state index contributed by atoms with van der Waals surface area (Å²) < 4.78 is 19.5. The summed E-state index contributed by atoms with van der Waals surface area (Å²) in [4.78, 5) is 22.6. The fraction of sp³-hybridized carbons (Fsp3) is 0.278. The molecule has 0 heterocycles. The largest absolute Gasteiger partial charge is 0.493 e. The molecule has 0 saturated heterocycles. The van der Waals surface area contributed by atoms with Gasteiger partial charge in [-0.25, -0.2) is 4.39 Å². The van der Waals surface area contributed by atoms with E-state index < -0.39 is 16.6 Å². The highest BCUT2D eigenvalue weighted by Crippen LogP contribution is 2.24. The Morgan fingerprint density at radius 2 is 2.00 bits per heavy atom. The van der Waals surface area contributed by atoms with E-state index in [-0.39, 0.29) is 16.9 Å². The number of nitrogens with zero attached hydrogens (tertiary/aromatic N) is 1. The van der Waals surface area contributed by atoms with Crippen LogP contribution in [0.3, 0.4) is 0 Å². The van der Waals surface area contributed by atoms with Crippen molar-refractivity contribution in [1.29, 1.82) is 0 Å². The van der Waals surface area contributed by atoms with E-state index in [2.05, 4.69) is 12.2 Å². The van der Waals surface area contributed by atoms with Gasteiger partial charge in [0.2, 0.25) is 0 Å². The van der Waals surface area contributed by atoms with E-state index in [1.807, 2.05) is 0 Å². The number of nitrogens with one attached hydrogen (secondary N) is 1. The van der Waals surface area contributed by atoms with E-state index in [1.165, 1.54) is 0 Å². The summed E-state index contributed by atoms with van der Waals surface area (Å²) >= 11 is 0. The number of carbonyl (C=O) groups is 1. The second kappa shape index (κ2) is 8.77. The van der Waals surface area contributed by atoms with Gasteiger partial charge in [-0.05, 0) is 24.6 Å². The molecule has 2 aromatic carbocycles. The van der Waals surface area contributed by atoms with Crippen LogP contribution in [0.25, 0.3) is 0 Å². The molecule has 1 amide bonds. The molecule has 6 nitrogen and oxygen atoms in total. The van der Waals surface area contributed by atoms with Crippen LogP contribution in [0.4, 0.5) is 15.8 Å². The average Bonchev–Trinajstić information content (AvgIpc) is 2.60. The fourth-order valence-corrected chi connectivity index (χ4v) is 2.23. The molecular formula is C18H19FN2O4. The number of hydrogen-bond acceptors (Lipinski definition) is 4. The summed E-state index contributed by atoms with van der Waals surface area (Å²) in [6, 6.07) is 9.58. The molecule has 132 valence electrons. The predicted octanol–water partition coefficient (Wildman–Crippen LogP) is 4.56. The van der Waals surface area contributed by atoms with E-state index >= 15 is 0 Å². The summed E-state index contributed by atoms with van der Waals surface area (Å²) in [6.45, 7) is 2.55. The number of nitro benzene ring substituents is 1. The van der Waals surface area contributed by atoms with Crippen LogP contribution in [0.1, 0.15) is 36.5 Å². The molecule has 0 radical (unpaired) electrons. The summed E-state index contributed by atoms with van der Waals surface area (Å²) in [5, 5.41) is 13.2. The molecule has 2 rings (SSSR count). The van der Waals surface area contributed by atoms with Crippen LogP contribution in [0.15, 0.2) is 42.5 Å². The van der Waals surface area contributed by atoms with Crippen LogP contribution < -0.4 is 10.1 Å². The van der Waals surface area contributed by atoms with Crippen molar-refractivity contribution in [2.24, 2.45) is 0 Å². The molecular weight excluding hydrogens is 327 g/mol. The first-order valence-corrected chi connectivity index (χ1v) is 8.00. The Bertz CT molecular complexity index is 764. The third kappa shape index (κ3) is 5.00. The Kier molecular flexibility index (Phi) is 6.45. The topological polar surface area (TPSA) is 81.5 Å². The number of non-ortho nitro benzene ring substituents is 1. The number of carbonyl (C=O) groups excluding carboxylic acids is 1. The fourth-order valence-electron chi connectivity index (χ4n) is 2.23. The summed E-state index contributed by atoms with van der Waals surface area (Å²) in [5.74, 6) is -0.951. The van der Waals surface area contributed by atoms with Crippen LogP contribution in [-0.4, -0.2) is 17.4 Å². The zero-order chi connectivity index (χ0) is 18.2. The first kappa shape index (κ1) is 18.4. The molecule has 0 aliphatic heterocycles. The average molecular weight is 346 g/mol. The van der Waals surface area contributed by atoms with E-state index in [1.54, 1.807) is 24.3 Å². The molecule has 0 unspecified atom stereocenters. The highest BCUT2D eigenvalue weighted by Gasteiger charge is 2.16. The smallest absolute Gasteiger partial charge is 0.271 e. The van der Waals surface area contributed by atoms with Gasteiger partial charge in [0.05, 0.1) is 22.8 Å². The number of anilines is 1. The summed E-state index contributed by atoms with van der Waals surface area (Å²) in [7, 11) is 0. The first-order valence-electron chi connectivity index (χ1n) is 8.00. The van der Waals surface area contributed by atoms with E-state index in [0.717, 1.165) is 37.5 Å². The van der Waals surface area contributed by atoms with Crippen LogP contribution in [0.2, 0.25) is 0 Å². The SMILES string of the molecule is CCCCCOc1ccccc1C(=O)Nc1cc([N+](=O)[O-])ccc1F. The monoisotopic (exact) mass is 346 g/mol. The van der Waals surface area contributed by atoms with E-state index in [0.29, 0.717) is 12.4 Å². The van der Waals surface area contributed by atoms with Gasteiger partial charge in [0.25, 0.3) is 11.6 Å². The van der Waals surface area contributed by atoms with Crippen LogP contribution >= 0.6 is 0 Å². The van der Waals surface area contributed by atoms with Gasteiger partial charge < -0.3 is 10.1 Å². The predicted molar refractivity (Wildman–Crippen MR) is 92.5 cm³/mol. The maximum atomic E-state index is 13.8. The van der Waals surface area contributed by atoms with Gasteiger partial charge in [-0.3, -0.25) is 14.9 Å². The van der Waals surface area contributed by atoms with Crippen molar-refractivity contribution in [3.05, 3.63) is 64.0 Å². The lowest BCUT2D eigenvalue weighted by Crippen LogP contribution is -2.15. The molecule has 25 heavy (non-hydrogen) atoms. The van der Waals surface area contributed by atoms with Crippen molar-refractivity contribution in [3.63, 3.8) is 0 Å². The molecule has 0 aromatic heterocycles. The Balaban J connectivity index is 2.16. The minimum Gasteiger partial charge on any atom is -0.493 e. The molecule has 7 heteroatoms. The Morgan fingerprint density at radius 3 is 2.72 bits per heavy atom. The van der Waals surface area contributed by atoms with Crippen molar-refractivity contribution in [1.82, 2.24) is 0 Å². The lowest BCUT2D eigenvalue weighted by Gasteiger charge is -2.12. The van der Waals surface area contributed by atoms with Gasteiger partial charge >= 0.3 is 0 Å². The number of rotatable bonds is 8. The highest BCUT2D eigenvalue weighted by molar-refractivity contribution is 6.06. The highest BCUT2D eigenvalue weighted by atomic mass is 19.1. The van der Waals surface area contributed by atoms with Crippen molar-refractivity contribution in [2.45, 2.75) is 26.2 Å². The van der Waals surface area contributed by atoms with Crippen LogP contribution in [0.5, 0.6) is 5.75 Å². The standard InChI is InChI=1S/C18H19FN2O4/c1-2-3-6-11-25-17-8-5-4-7-14(17)18(22)20-16-12-13(21(23)24)9-10-15(16)19/h4-5,7-10,12H,2-3,6,11H2,1H3,(H,20,22). The van der Waals surface area contributed by atoms with Crippen molar-refractivity contribution in [3.8, 4) is 5.75 Å². The maximum Gasteiger partial charge on any atom is 0.271 e. The zero-order valence-corrected chi connectivity index (χ0v) is 13.8. The minimum absolute atomic E-state index is 0.241. The Labute approximate surface area is 144 Å². The quantitative estimate of drug-likeness (QED) is 0.432. The number of nitro groups is 1. The number of hydrogen-bond donors (Lipinski definition) is 1. The first-order chi connectivity index (χ1) is 12.0. The molecule has 0 saturated carbocycles. The Hall–Kier alpha value is -2.96. The number of halogens is 1. The second-order valence-corrected chi connectivity index (χ2v) is 5.43. The number of benzene rings is 2. The normalized spacial score (nSPS) is 10.3. The van der Waals surface area contributed by atoms with Gasteiger partial charge in [-0.1, -0.05) is 31.9 Å². The molecule has 0 aliphatic rings. The molecule has 2 aromatic rings. The summed E-state index contributed by atoms with van der Waals surface area (Å²) in [5.41, 5.74) is -0.314. The number of ether oxygens (including phenoxy) is 1. The third-order valence-electron chi connectivity index (χ3n) is 3.55. The van der Waals surface area contributed by atoms with Crippen molar-refractivity contribution >= 4 is 17.3 Å². The molecule has 0 fully saturated rings. The van der Waals surface area contributed by atoms with Crippen LogP contribution in [0, 0.1) is 15.9 Å². The van der Waals surface area contributed by atoms with Gasteiger partial charge in [0, 0.05) is 12.1 Å². The molecule has 0 aliphatic carbocycles. The van der Waals surface area contributed by atoms with Crippen molar-refractivity contribution in [2.75, 3.05) is 11.9 Å². The lowest BCUT2D eigenvalue weighted by molar-refractivity contribution is -0.384. The van der Waals surface area contributed by atoms with Gasteiger partial charge in [0.1, 0.15) is 11.6 Å². The number of unbranched alkanes of at least 4 members (excludes halogenated alkanes) is 2. The molecule has 0 bridgehead atoms.